The van der Waals surface area contributed by atoms with Crippen LogP contribution < -0.4 is 5.32 Å². The molecule has 7 atom stereocenters. The topological polar surface area (TPSA) is 175 Å². The van der Waals surface area contributed by atoms with Gasteiger partial charge < -0.3 is 45.1 Å². The summed E-state index contributed by atoms with van der Waals surface area (Å²) in [5, 5.41) is 54.1. The Morgan fingerprint density at radius 3 is 1.57 bits per heavy atom. The van der Waals surface area contributed by atoms with Gasteiger partial charge in [-0.25, -0.2) is 0 Å². The average Bonchev–Trinajstić information content (AvgIpc) is 3.33. The van der Waals surface area contributed by atoms with E-state index in [4.69, 9.17) is 14.2 Å². The summed E-state index contributed by atoms with van der Waals surface area (Å²) in [6.07, 6.45) is 48.9. The number of amides is 1. The Bertz CT molecular complexity index is 1310. The van der Waals surface area contributed by atoms with Gasteiger partial charge in [-0.05, 0) is 109 Å². The van der Waals surface area contributed by atoms with Crippen LogP contribution in [0.1, 0.15) is 226 Å². The number of carbonyl (C=O) groups is 2. The summed E-state index contributed by atoms with van der Waals surface area (Å²) in [6, 6.07) is -0.839. The molecule has 0 spiro atoms. The summed E-state index contributed by atoms with van der Waals surface area (Å²) in [6.45, 7) is 4.18. The Balaban J connectivity index is 2.11. The molecular weight excluding hydrogens is 859 g/mol. The minimum atomic E-state index is -1.58. The van der Waals surface area contributed by atoms with Crippen molar-refractivity contribution in [2.45, 2.75) is 269 Å². The van der Waals surface area contributed by atoms with Gasteiger partial charge in [0, 0.05) is 12.8 Å². The van der Waals surface area contributed by atoms with Crippen LogP contribution in [0.4, 0.5) is 0 Å². The molecule has 1 aliphatic rings. The van der Waals surface area contributed by atoms with Gasteiger partial charge in [-0.3, -0.25) is 9.59 Å². The highest BCUT2D eigenvalue weighted by molar-refractivity contribution is 5.76. The molecule has 0 saturated carbocycles. The Morgan fingerprint density at radius 1 is 0.544 bits per heavy atom. The second kappa shape index (κ2) is 46.7. The molecule has 0 aromatic heterocycles. The summed E-state index contributed by atoms with van der Waals surface area (Å²) >= 11 is 0. The van der Waals surface area contributed by atoms with Crippen molar-refractivity contribution in [1.82, 2.24) is 5.32 Å². The number of esters is 1. The number of hydrogen-bond acceptors (Lipinski definition) is 10. The third-order valence-corrected chi connectivity index (χ3v) is 12.6. The number of nitrogens with one attached hydrogen (secondary N) is 1. The van der Waals surface area contributed by atoms with Crippen LogP contribution in [0.2, 0.25) is 0 Å². The van der Waals surface area contributed by atoms with Crippen molar-refractivity contribution < 1.29 is 49.3 Å². The van der Waals surface area contributed by atoms with Crippen LogP contribution in [0, 0.1) is 0 Å². The number of hydrogen-bond donors (Lipinski definition) is 6. The maximum absolute atomic E-state index is 13.0. The van der Waals surface area contributed by atoms with Gasteiger partial charge in [0.05, 0.1) is 32.0 Å². The number of carbonyl (C=O) groups excluding carboxylic acids is 2. The second-order valence-corrected chi connectivity index (χ2v) is 18.9. The Labute approximate surface area is 414 Å². The molecule has 0 radical (unpaired) electrons. The fraction of sp³-hybridized carbons (Fsp3) is 0.789. The van der Waals surface area contributed by atoms with Gasteiger partial charge in [0.2, 0.25) is 5.91 Å². The predicted molar refractivity (Wildman–Crippen MR) is 278 cm³/mol. The Kier molecular flexibility index (Phi) is 43.5. The van der Waals surface area contributed by atoms with Gasteiger partial charge in [-0.15, -0.1) is 0 Å². The van der Waals surface area contributed by atoms with Gasteiger partial charge in [0.25, 0.3) is 0 Å². The molecule has 11 nitrogen and oxygen atoms in total. The highest BCUT2D eigenvalue weighted by atomic mass is 16.7. The SMILES string of the molecule is CCCCC/C=C/CC/C=C/C(O)C(COC1OC(CO)C(O)C(O)C1O)NC(=O)CCCCCCCCC/C=C\C/C=C\CCCCCOC(=O)CCCCCCC/C=C\CCCCCCC. The fourth-order valence-electron chi connectivity index (χ4n) is 8.12. The standard InChI is InChI=1S/C57H101NO10/c1-3-5-7-9-11-13-14-15-22-25-29-33-37-41-45-53(62)66-46-42-38-34-30-26-23-20-18-16-17-19-21-24-28-32-36-40-44-52(61)58-49(50(60)43-39-35-31-27-12-10-8-6-4-2)48-67-57-56(65)55(64)54(63)51(47-59)68-57/h12,14-16,18,23,26-27,39,43,49-51,54-57,59-60,63-65H,3-11,13,17,19-22,24-25,28-38,40-42,44-48H2,1-2H3,(H,58,61)/b15-14-,18-16-,26-23-,27-12+,43-39+. The lowest BCUT2D eigenvalue weighted by Gasteiger charge is -2.40. The van der Waals surface area contributed by atoms with Crippen LogP contribution in [0.3, 0.4) is 0 Å². The van der Waals surface area contributed by atoms with E-state index < -0.39 is 49.5 Å². The number of allylic oxidation sites excluding steroid dienone is 9. The first-order valence-electron chi connectivity index (χ1n) is 27.6. The average molecular weight is 960 g/mol. The molecule has 1 heterocycles. The van der Waals surface area contributed by atoms with Crippen molar-refractivity contribution in [3.05, 3.63) is 60.8 Å². The maximum Gasteiger partial charge on any atom is 0.305 e. The van der Waals surface area contributed by atoms with Gasteiger partial charge in [0.15, 0.2) is 6.29 Å². The summed E-state index contributed by atoms with van der Waals surface area (Å²) < 4.78 is 16.6. The van der Waals surface area contributed by atoms with E-state index in [-0.39, 0.29) is 18.5 Å². The lowest BCUT2D eigenvalue weighted by molar-refractivity contribution is -0.302. The number of rotatable bonds is 46. The van der Waals surface area contributed by atoms with E-state index in [0.717, 1.165) is 96.3 Å². The number of ether oxygens (including phenoxy) is 3. The molecule has 1 fully saturated rings. The van der Waals surface area contributed by atoms with Crippen molar-refractivity contribution in [2.24, 2.45) is 0 Å². The number of aliphatic hydroxyl groups excluding tert-OH is 5. The van der Waals surface area contributed by atoms with Crippen LogP contribution in [0.5, 0.6) is 0 Å². The van der Waals surface area contributed by atoms with Crippen LogP contribution in [-0.2, 0) is 23.8 Å². The minimum absolute atomic E-state index is 0.0429. The van der Waals surface area contributed by atoms with Crippen LogP contribution >= 0.6 is 0 Å². The van der Waals surface area contributed by atoms with Gasteiger partial charge in [-0.1, -0.05) is 164 Å². The lowest BCUT2D eigenvalue weighted by Crippen LogP contribution is -2.60. The van der Waals surface area contributed by atoms with Crippen LogP contribution in [0.25, 0.3) is 0 Å². The monoisotopic (exact) mass is 960 g/mol. The smallest absolute Gasteiger partial charge is 0.305 e. The molecule has 0 aliphatic carbocycles. The van der Waals surface area contributed by atoms with Gasteiger partial charge in [-0.2, -0.15) is 0 Å². The number of aliphatic hydroxyl groups is 5. The van der Waals surface area contributed by atoms with E-state index in [0.29, 0.717) is 19.4 Å². The van der Waals surface area contributed by atoms with Crippen molar-refractivity contribution in [2.75, 3.05) is 19.8 Å². The minimum Gasteiger partial charge on any atom is -0.466 e. The van der Waals surface area contributed by atoms with Crippen LogP contribution in [0.15, 0.2) is 60.8 Å². The van der Waals surface area contributed by atoms with E-state index in [1.165, 1.54) is 103 Å². The molecule has 0 aromatic carbocycles. The molecule has 0 bridgehead atoms. The van der Waals surface area contributed by atoms with Crippen LogP contribution in [-0.4, -0.2) is 100 Å². The lowest BCUT2D eigenvalue weighted by atomic mass is 9.99. The first-order valence-corrected chi connectivity index (χ1v) is 27.6. The molecule has 1 saturated heterocycles. The van der Waals surface area contributed by atoms with Gasteiger partial charge in [0.1, 0.15) is 24.4 Å². The zero-order chi connectivity index (χ0) is 49.6. The molecule has 1 rings (SSSR count). The zero-order valence-corrected chi connectivity index (χ0v) is 43.0. The summed E-state index contributed by atoms with van der Waals surface area (Å²) in [4.78, 5) is 25.0. The molecule has 7 unspecified atom stereocenters. The van der Waals surface area contributed by atoms with Crippen molar-refractivity contribution in [1.29, 1.82) is 0 Å². The summed E-state index contributed by atoms with van der Waals surface area (Å²) in [7, 11) is 0. The van der Waals surface area contributed by atoms with Gasteiger partial charge >= 0.3 is 5.97 Å². The molecule has 394 valence electrons. The molecule has 68 heavy (non-hydrogen) atoms. The second-order valence-electron chi connectivity index (χ2n) is 18.9. The van der Waals surface area contributed by atoms with E-state index in [1.54, 1.807) is 6.08 Å². The molecular formula is C57H101NO10. The van der Waals surface area contributed by atoms with E-state index in [1.807, 2.05) is 6.08 Å². The summed E-state index contributed by atoms with van der Waals surface area (Å²) in [5.41, 5.74) is 0. The predicted octanol–water partition coefficient (Wildman–Crippen LogP) is 11.9. The largest absolute Gasteiger partial charge is 0.466 e. The first kappa shape index (κ1) is 63.4. The molecule has 6 N–H and O–H groups in total. The van der Waals surface area contributed by atoms with E-state index in [9.17, 15) is 35.1 Å². The van der Waals surface area contributed by atoms with Crippen molar-refractivity contribution in [3.63, 3.8) is 0 Å². The Hall–Kier alpha value is -2.64. The normalized spacial score (nSPS) is 19.9. The molecule has 1 aliphatic heterocycles. The van der Waals surface area contributed by atoms with Crippen molar-refractivity contribution >= 4 is 11.9 Å². The summed E-state index contributed by atoms with van der Waals surface area (Å²) in [5.74, 6) is -0.256. The van der Waals surface area contributed by atoms with E-state index >= 15 is 0 Å². The molecule has 1 amide bonds. The van der Waals surface area contributed by atoms with E-state index in [2.05, 4.69) is 67.8 Å². The third kappa shape index (κ3) is 36.3. The highest BCUT2D eigenvalue weighted by Crippen LogP contribution is 2.23. The number of unbranched alkanes of at least 4 members (excludes halogenated alkanes) is 24. The molecule has 0 aromatic rings. The quantitative estimate of drug-likeness (QED) is 0.0196. The highest BCUT2D eigenvalue weighted by Gasteiger charge is 2.44. The van der Waals surface area contributed by atoms with Crippen molar-refractivity contribution in [3.8, 4) is 0 Å². The maximum atomic E-state index is 13.0. The Morgan fingerprint density at radius 2 is 1.00 bits per heavy atom. The zero-order valence-electron chi connectivity index (χ0n) is 43.0. The third-order valence-electron chi connectivity index (χ3n) is 12.6. The molecule has 11 heteroatoms. The first-order chi connectivity index (χ1) is 33.2. The fourth-order valence-corrected chi connectivity index (χ4v) is 8.12.